The summed E-state index contributed by atoms with van der Waals surface area (Å²) in [5, 5.41) is 16.5. The number of aliphatic hydroxyl groups excluding tert-OH is 1. The molecular weight excluding hydrogens is 204 g/mol. The van der Waals surface area contributed by atoms with Crippen molar-refractivity contribution in [1.82, 2.24) is 14.6 Å². The highest BCUT2D eigenvalue weighted by Crippen LogP contribution is 2.14. The van der Waals surface area contributed by atoms with Gasteiger partial charge in [-0.2, -0.15) is 5.10 Å². The average Bonchev–Trinajstić information content (AvgIpc) is 2.66. The fourth-order valence-electron chi connectivity index (χ4n) is 1.52. The molecule has 2 rings (SSSR count). The molecule has 5 heteroatoms. The van der Waals surface area contributed by atoms with Crippen molar-refractivity contribution < 1.29 is 5.11 Å². The Kier molecular flexibility index (Phi) is 3.05. The summed E-state index contributed by atoms with van der Waals surface area (Å²) < 4.78 is 1.80. The lowest BCUT2D eigenvalue weighted by Gasteiger charge is -2.10. The van der Waals surface area contributed by atoms with E-state index in [0.717, 1.165) is 17.0 Å². The fourth-order valence-corrected chi connectivity index (χ4v) is 1.52. The van der Waals surface area contributed by atoms with Crippen LogP contribution in [0.25, 0.3) is 5.52 Å². The molecular formula is C11H16N4O. The minimum absolute atomic E-state index is 0.175. The third kappa shape index (κ3) is 2.14. The first kappa shape index (κ1) is 10.9. The number of hydrogen-bond donors (Lipinski definition) is 2. The summed E-state index contributed by atoms with van der Waals surface area (Å²) in [5.74, 6) is 1.02. The molecule has 0 bridgehead atoms. The molecule has 0 radical (unpaired) electrons. The summed E-state index contributed by atoms with van der Waals surface area (Å²) >= 11 is 0. The Morgan fingerprint density at radius 3 is 3.12 bits per heavy atom. The standard InChI is InChI=1S/C11H16N4O/c1-8(7-16)6-13-11-10-5-9(2)14-15(10)4-3-12-11/h3-5,8,16H,6-7H2,1-2H3,(H,12,13). The van der Waals surface area contributed by atoms with Crippen molar-refractivity contribution in [2.75, 3.05) is 18.5 Å². The van der Waals surface area contributed by atoms with E-state index in [9.17, 15) is 0 Å². The molecule has 0 amide bonds. The summed E-state index contributed by atoms with van der Waals surface area (Å²) in [7, 11) is 0. The van der Waals surface area contributed by atoms with E-state index < -0.39 is 0 Å². The van der Waals surface area contributed by atoms with Crippen molar-refractivity contribution in [1.29, 1.82) is 0 Å². The van der Waals surface area contributed by atoms with Gasteiger partial charge in [0.25, 0.3) is 0 Å². The molecule has 2 aromatic heterocycles. The van der Waals surface area contributed by atoms with Gasteiger partial charge in [0.1, 0.15) is 5.52 Å². The van der Waals surface area contributed by atoms with E-state index in [0.29, 0.717) is 6.54 Å². The Morgan fingerprint density at radius 2 is 2.38 bits per heavy atom. The van der Waals surface area contributed by atoms with E-state index in [1.54, 1.807) is 10.7 Å². The summed E-state index contributed by atoms with van der Waals surface area (Å²) in [6.45, 7) is 4.81. The van der Waals surface area contributed by atoms with Crippen LogP contribution in [-0.4, -0.2) is 32.9 Å². The number of nitrogens with zero attached hydrogens (tertiary/aromatic N) is 3. The van der Waals surface area contributed by atoms with Crippen molar-refractivity contribution in [2.45, 2.75) is 13.8 Å². The molecule has 2 aromatic rings. The number of aliphatic hydroxyl groups is 1. The first-order valence-corrected chi connectivity index (χ1v) is 5.36. The van der Waals surface area contributed by atoms with Crippen molar-refractivity contribution in [3.63, 3.8) is 0 Å². The third-order valence-corrected chi connectivity index (χ3v) is 2.44. The van der Waals surface area contributed by atoms with E-state index >= 15 is 0 Å². The Balaban J connectivity index is 2.23. The first-order valence-electron chi connectivity index (χ1n) is 5.36. The Bertz CT molecular complexity index is 480. The lowest BCUT2D eigenvalue weighted by atomic mass is 10.2. The number of aryl methyl sites for hydroxylation is 1. The van der Waals surface area contributed by atoms with Gasteiger partial charge in [-0.15, -0.1) is 0 Å². The van der Waals surface area contributed by atoms with E-state index in [1.807, 2.05) is 26.1 Å². The van der Waals surface area contributed by atoms with Gasteiger partial charge in [0.15, 0.2) is 5.82 Å². The Morgan fingerprint density at radius 1 is 1.56 bits per heavy atom. The zero-order valence-electron chi connectivity index (χ0n) is 9.51. The maximum atomic E-state index is 8.95. The zero-order valence-corrected chi connectivity index (χ0v) is 9.51. The molecule has 0 saturated carbocycles. The van der Waals surface area contributed by atoms with Gasteiger partial charge >= 0.3 is 0 Å². The van der Waals surface area contributed by atoms with Crippen LogP contribution >= 0.6 is 0 Å². The number of fused-ring (bicyclic) bond motifs is 1. The molecule has 0 aliphatic rings. The van der Waals surface area contributed by atoms with Gasteiger partial charge in [0.05, 0.1) is 5.69 Å². The average molecular weight is 220 g/mol. The van der Waals surface area contributed by atoms with Gasteiger partial charge in [-0.1, -0.05) is 6.92 Å². The second-order valence-electron chi connectivity index (χ2n) is 4.06. The number of rotatable bonds is 4. The van der Waals surface area contributed by atoms with Crippen LogP contribution in [0.2, 0.25) is 0 Å². The van der Waals surface area contributed by atoms with Gasteiger partial charge in [-0.05, 0) is 18.9 Å². The fraction of sp³-hybridized carbons (Fsp3) is 0.455. The molecule has 86 valence electrons. The second kappa shape index (κ2) is 4.49. The van der Waals surface area contributed by atoms with Crippen LogP contribution in [0.4, 0.5) is 5.82 Å². The number of nitrogens with one attached hydrogen (secondary N) is 1. The maximum Gasteiger partial charge on any atom is 0.152 e. The first-order chi connectivity index (χ1) is 7.70. The smallest absolute Gasteiger partial charge is 0.152 e. The molecule has 1 atom stereocenters. The van der Waals surface area contributed by atoms with Crippen molar-refractivity contribution in [2.24, 2.45) is 5.92 Å². The normalized spacial score (nSPS) is 12.9. The van der Waals surface area contributed by atoms with Crippen LogP contribution < -0.4 is 5.32 Å². The molecule has 0 saturated heterocycles. The minimum atomic E-state index is 0.175. The molecule has 5 nitrogen and oxygen atoms in total. The highest BCUT2D eigenvalue weighted by molar-refractivity contribution is 5.67. The van der Waals surface area contributed by atoms with E-state index in [1.165, 1.54) is 0 Å². The number of hydrogen-bond acceptors (Lipinski definition) is 4. The van der Waals surface area contributed by atoms with Crippen LogP contribution in [0, 0.1) is 12.8 Å². The third-order valence-electron chi connectivity index (χ3n) is 2.44. The van der Waals surface area contributed by atoms with Crippen LogP contribution in [0.1, 0.15) is 12.6 Å². The zero-order chi connectivity index (χ0) is 11.5. The van der Waals surface area contributed by atoms with Gasteiger partial charge in [-0.3, -0.25) is 0 Å². The summed E-state index contributed by atoms with van der Waals surface area (Å²) in [6.07, 6.45) is 3.54. The lowest BCUT2D eigenvalue weighted by molar-refractivity contribution is 0.244. The second-order valence-corrected chi connectivity index (χ2v) is 4.06. The maximum absolute atomic E-state index is 8.95. The van der Waals surface area contributed by atoms with Gasteiger partial charge < -0.3 is 10.4 Å². The predicted octanol–water partition coefficient (Wildman–Crippen LogP) is 1.08. The molecule has 16 heavy (non-hydrogen) atoms. The molecule has 2 N–H and O–H groups in total. The number of anilines is 1. The van der Waals surface area contributed by atoms with Gasteiger partial charge in [0.2, 0.25) is 0 Å². The summed E-state index contributed by atoms with van der Waals surface area (Å²) in [5.41, 5.74) is 1.93. The highest BCUT2D eigenvalue weighted by Gasteiger charge is 2.06. The topological polar surface area (TPSA) is 62.5 Å². The Hall–Kier alpha value is -1.62. The molecule has 0 aliphatic carbocycles. The van der Waals surface area contributed by atoms with E-state index in [2.05, 4.69) is 15.4 Å². The Labute approximate surface area is 94.1 Å². The lowest BCUT2D eigenvalue weighted by Crippen LogP contribution is -2.15. The van der Waals surface area contributed by atoms with Gasteiger partial charge in [0, 0.05) is 25.5 Å². The SMILES string of the molecule is Cc1cc2c(NCC(C)CO)nccn2n1. The highest BCUT2D eigenvalue weighted by atomic mass is 16.3. The van der Waals surface area contributed by atoms with Crippen LogP contribution in [-0.2, 0) is 0 Å². The monoisotopic (exact) mass is 220 g/mol. The van der Waals surface area contributed by atoms with Crippen LogP contribution in [0.5, 0.6) is 0 Å². The molecule has 1 unspecified atom stereocenters. The van der Waals surface area contributed by atoms with Gasteiger partial charge in [-0.25, -0.2) is 9.50 Å². The minimum Gasteiger partial charge on any atom is -0.396 e. The molecule has 2 heterocycles. The van der Waals surface area contributed by atoms with E-state index in [-0.39, 0.29) is 12.5 Å². The summed E-state index contributed by atoms with van der Waals surface area (Å²) in [6, 6.07) is 1.99. The largest absolute Gasteiger partial charge is 0.396 e. The van der Waals surface area contributed by atoms with Crippen LogP contribution in [0.3, 0.4) is 0 Å². The summed E-state index contributed by atoms with van der Waals surface area (Å²) in [4.78, 5) is 4.27. The predicted molar refractivity (Wildman–Crippen MR) is 62.5 cm³/mol. The molecule has 0 spiro atoms. The van der Waals surface area contributed by atoms with Crippen molar-refractivity contribution in [3.8, 4) is 0 Å². The molecule has 0 aliphatic heterocycles. The van der Waals surface area contributed by atoms with E-state index in [4.69, 9.17) is 5.11 Å². The van der Waals surface area contributed by atoms with Crippen molar-refractivity contribution >= 4 is 11.3 Å². The number of aromatic nitrogens is 3. The van der Waals surface area contributed by atoms with Crippen LogP contribution in [0.15, 0.2) is 18.5 Å². The molecule has 0 aromatic carbocycles. The quantitative estimate of drug-likeness (QED) is 0.809. The molecule has 0 fully saturated rings. The van der Waals surface area contributed by atoms with Crippen molar-refractivity contribution in [3.05, 3.63) is 24.2 Å².